The first-order valence-electron chi connectivity index (χ1n) is 21.0. The zero-order valence-electron chi connectivity index (χ0n) is 37.2. The number of likely N-dealkylation sites (N-methyl/N-ethyl adjacent to an activating group) is 1. The molecule has 3 heterocycles. The van der Waals surface area contributed by atoms with E-state index in [-0.39, 0.29) is 31.4 Å². The molecule has 59 heavy (non-hydrogen) atoms. The number of rotatable bonds is 9. The minimum Gasteiger partial charge on any atom is -0.459 e. The number of methoxy groups -OCH3 is 1. The van der Waals surface area contributed by atoms with E-state index >= 15 is 0 Å². The second kappa shape index (κ2) is 19.6. The van der Waals surface area contributed by atoms with E-state index in [1.54, 1.807) is 71.9 Å². The number of Topliss-reactive ketones (excluding diaryl/α,β-unsaturated/α-hetero) is 1. The molecular weight excluding hydrogens is 766 g/mol. The van der Waals surface area contributed by atoms with Crippen molar-refractivity contribution in [3.8, 4) is 0 Å². The molecule has 15 heteroatoms. The number of esters is 2. The van der Waals surface area contributed by atoms with Crippen LogP contribution in [0, 0.1) is 23.7 Å². The van der Waals surface area contributed by atoms with Crippen molar-refractivity contribution >= 4 is 17.7 Å². The van der Waals surface area contributed by atoms with E-state index in [9.17, 15) is 34.8 Å². The Morgan fingerprint density at radius 1 is 0.881 bits per heavy atom. The Kier molecular flexibility index (Phi) is 16.3. The fourth-order valence-corrected chi connectivity index (χ4v) is 9.29. The van der Waals surface area contributed by atoms with Crippen LogP contribution in [0.4, 0.5) is 0 Å². The second-order valence-corrected chi connectivity index (χ2v) is 18.2. The van der Waals surface area contributed by atoms with Crippen molar-refractivity contribution in [2.45, 2.75) is 179 Å². The van der Waals surface area contributed by atoms with E-state index in [4.69, 9.17) is 33.2 Å². The van der Waals surface area contributed by atoms with E-state index in [2.05, 4.69) is 0 Å². The molecule has 15 nitrogen and oxygen atoms in total. The normalized spacial score (nSPS) is 44.4. The summed E-state index contributed by atoms with van der Waals surface area (Å²) in [5.41, 5.74) is -4.66. The number of aliphatic hydroxyl groups is 4. The molecule has 0 spiro atoms. The number of ether oxygens (including phenoxy) is 7. The second-order valence-electron chi connectivity index (χ2n) is 18.2. The summed E-state index contributed by atoms with van der Waals surface area (Å²) in [6.07, 6.45) is -10.2. The van der Waals surface area contributed by atoms with Crippen molar-refractivity contribution in [1.29, 1.82) is 0 Å². The molecule has 3 aliphatic rings. The quantitative estimate of drug-likeness (QED) is 0.263. The number of nitrogens with zero attached hydrogens (tertiary/aromatic N) is 1. The van der Waals surface area contributed by atoms with Gasteiger partial charge in [-0.2, -0.15) is 0 Å². The summed E-state index contributed by atoms with van der Waals surface area (Å²) in [5.74, 6) is -5.83. The average Bonchev–Trinajstić information content (AvgIpc) is 3.18. The van der Waals surface area contributed by atoms with Gasteiger partial charge in [0.25, 0.3) is 0 Å². The minimum atomic E-state index is -2.03. The number of aliphatic hydroxyl groups excluding tert-OH is 2. The van der Waals surface area contributed by atoms with Gasteiger partial charge in [0.05, 0.1) is 59.2 Å². The number of carbonyl (C=O) groups excluding carboxylic acids is 3. The SMILES string of the molecule is CC[C@H]1OC(=O)[C@H](C)[C@@H](O[C@H]2C[C@@](C)(OC)[C@@H](O)[C@H](C)O2)[C@H](C)[C@@H](OC2O[C@H](C)C[C@H](N(C)C)[C@H]2OC(=O)c2ccccc2)[C@](C)(O)C[C@@H](C)C(=O)[C@H](C)[C@@H](O)[C@]1(C)O. The first kappa shape index (κ1) is 49.1. The van der Waals surface area contributed by atoms with Gasteiger partial charge in [-0.05, 0) is 87.0 Å². The molecular formula is C44H71NO14. The third-order valence-corrected chi connectivity index (χ3v) is 13.0. The summed E-state index contributed by atoms with van der Waals surface area (Å²) >= 11 is 0. The summed E-state index contributed by atoms with van der Waals surface area (Å²) in [5, 5.41) is 46.9. The van der Waals surface area contributed by atoms with Crippen molar-refractivity contribution in [3.63, 3.8) is 0 Å². The highest BCUT2D eigenvalue weighted by atomic mass is 16.7. The monoisotopic (exact) mass is 837 g/mol. The summed E-state index contributed by atoms with van der Waals surface area (Å²) in [6, 6.07) is 8.15. The van der Waals surface area contributed by atoms with Crippen LogP contribution in [0.2, 0.25) is 0 Å². The van der Waals surface area contributed by atoms with E-state index in [1.165, 1.54) is 27.9 Å². The van der Waals surface area contributed by atoms with Crippen LogP contribution >= 0.6 is 0 Å². The smallest absolute Gasteiger partial charge is 0.338 e. The van der Waals surface area contributed by atoms with Gasteiger partial charge >= 0.3 is 11.9 Å². The van der Waals surface area contributed by atoms with E-state index in [0.717, 1.165) is 0 Å². The lowest BCUT2D eigenvalue weighted by molar-refractivity contribution is -0.317. The maximum absolute atomic E-state index is 14.3. The number of carbonyl (C=O) groups is 3. The van der Waals surface area contributed by atoms with Gasteiger partial charge in [-0.15, -0.1) is 0 Å². The molecule has 1 unspecified atom stereocenters. The standard InChI is InChI=1S/C44H71NO14/c1-14-31-44(10,52)36(47)25(4)33(46)23(2)21-42(8,51)38(26(5)34(27(6)39(49)56-31)57-32-22-43(9,53-13)37(48)28(7)55-32)59-41-35(30(45(11)12)20-24(3)54-41)58-40(50)29-18-16-15-17-19-29/h15-19,23-28,30-32,34-38,41,47-48,51-52H,14,20-22H2,1-13H3/t23-,24-,25+,26+,27-,28+,30+,31-,32+,34+,35-,36-,37+,38-,41?,42-,43-,44-/m1/s1. The molecule has 3 saturated heterocycles. The third-order valence-electron chi connectivity index (χ3n) is 13.0. The highest BCUT2D eigenvalue weighted by Crippen LogP contribution is 2.41. The first-order chi connectivity index (χ1) is 27.4. The minimum absolute atomic E-state index is 0.0646. The van der Waals surface area contributed by atoms with Crippen LogP contribution in [0.3, 0.4) is 0 Å². The summed E-state index contributed by atoms with van der Waals surface area (Å²) in [7, 11) is 5.20. The Hall–Kier alpha value is -2.57. The third kappa shape index (κ3) is 10.9. The summed E-state index contributed by atoms with van der Waals surface area (Å²) in [4.78, 5) is 43.9. The molecule has 0 amide bonds. The van der Waals surface area contributed by atoms with Gasteiger partial charge < -0.3 is 58.5 Å². The molecule has 0 bridgehead atoms. The molecule has 3 fully saturated rings. The van der Waals surface area contributed by atoms with E-state index in [1.807, 2.05) is 25.9 Å². The Bertz CT molecular complexity index is 1560. The lowest BCUT2D eigenvalue weighted by Gasteiger charge is -2.49. The number of cyclic esters (lactones) is 1. The molecule has 18 atom stereocenters. The predicted octanol–water partition coefficient (Wildman–Crippen LogP) is 3.65. The maximum atomic E-state index is 14.3. The maximum Gasteiger partial charge on any atom is 0.338 e. The highest BCUT2D eigenvalue weighted by Gasteiger charge is 2.54. The molecule has 1 aromatic rings. The number of hydrogen-bond donors (Lipinski definition) is 4. The van der Waals surface area contributed by atoms with Crippen LogP contribution in [0.1, 0.15) is 105 Å². The van der Waals surface area contributed by atoms with Crippen LogP contribution in [0.25, 0.3) is 0 Å². The first-order valence-corrected chi connectivity index (χ1v) is 21.0. The van der Waals surface area contributed by atoms with Crippen LogP contribution in [-0.2, 0) is 42.7 Å². The molecule has 0 radical (unpaired) electrons. The average molecular weight is 838 g/mol. The Morgan fingerprint density at radius 2 is 1.51 bits per heavy atom. The van der Waals surface area contributed by atoms with Gasteiger partial charge in [0.15, 0.2) is 18.7 Å². The lowest BCUT2D eigenvalue weighted by Crippen LogP contribution is -2.61. The van der Waals surface area contributed by atoms with Crippen molar-refractivity contribution in [2.24, 2.45) is 23.7 Å². The number of hydrogen-bond acceptors (Lipinski definition) is 15. The van der Waals surface area contributed by atoms with Crippen LogP contribution in [0.15, 0.2) is 30.3 Å². The molecule has 4 rings (SSSR count). The molecule has 1 aromatic carbocycles. The van der Waals surface area contributed by atoms with E-state index in [0.29, 0.717) is 12.0 Å². The van der Waals surface area contributed by atoms with Gasteiger partial charge in [-0.1, -0.05) is 45.9 Å². The van der Waals surface area contributed by atoms with Crippen molar-refractivity contribution in [2.75, 3.05) is 21.2 Å². The Balaban J connectivity index is 1.87. The number of benzene rings is 1. The Morgan fingerprint density at radius 3 is 2.08 bits per heavy atom. The lowest BCUT2D eigenvalue weighted by atomic mass is 9.74. The van der Waals surface area contributed by atoms with Crippen LogP contribution in [0.5, 0.6) is 0 Å². The van der Waals surface area contributed by atoms with Crippen molar-refractivity contribution in [3.05, 3.63) is 35.9 Å². The van der Waals surface area contributed by atoms with Crippen molar-refractivity contribution < 1.29 is 68.0 Å². The van der Waals surface area contributed by atoms with E-state index < -0.39 is 114 Å². The molecule has 0 aliphatic carbocycles. The van der Waals surface area contributed by atoms with Crippen LogP contribution in [-0.4, -0.2) is 149 Å². The molecule has 0 saturated carbocycles. The molecule has 3 aliphatic heterocycles. The van der Waals surface area contributed by atoms with Crippen molar-refractivity contribution in [1.82, 2.24) is 4.90 Å². The zero-order chi connectivity index (χ0) is 44.4. The number of ketones is 1. The van der Waals surface area contributed by atoms with Gasteiger partial charge in [0.1, 0.15) is 23.6 Å². The molecule has 336 valence electrons. The zero-order valence-corrected chi connectivity index (χ0v) is 37.2. The fraction of sp³-hybridized carbons (Fsp3) is 0.795. The van der Waals surface area contributed by atoms with Gasteiger partial charge in [-0.3, -0.25) is 9.59 Å². The topological polar surface area (TPSA) is 200 Å². The highest BCUT2D eigenvalue weighted by molar-refractivity contribution is 5.89. The molecule has 4 N–H and O–H groups in total. The fourth-order valence-electron chi connectivity index (χ4n) is 9.29. The van der Waals surface area contributed by atoms with Crippen LogP contribution < -0.4 is 0 Å². The summed E-state index contributed by atoms with van der Waals surface area (Å²) in [6.45, 7) is 16.3. The van der Waals surface area contributed by atoms with Gasteiger partial charge in [0, 0.05) is 31.3 Å². The Labute approximate surface area is 349 Å². The largest absolute Gasteiger partial charge is 0.459 e. The van der Waals surface area contributed by atoms with Gasteiger partial charge in [-0.25, -0.2) is 4.79 Å². The van der Waals surface area contributed by atoms with Gasteiger partial charge in [0.2, 0.25) is 0 Å². The molecule has 0 aromatic heterocycles. The summed E-state index contributed by atoms with van der Waals surface area (Å²) < 4.78 is 44.2. The predicted molar refractivity (Wildman–Crippen MR) is 216 cm³/mol.